The van der Waals surface area contributed by atoms with Crippen LogP contribution in [0.2, 0.25) is 0 Å². The Labute approximate surface area is 150 Å². The van der Waals surface area contributed by atoms with Crippen molar-refractivity contribution in [1.29, 1.82) is 0 Å². The van der Waals surface area contributed by atoms with Crippen LogP contribution < -0.4 is 4.90 Å². The second kappa shape index (κ2) is 6.87. The van der Waals surface area contributed by atoms with Crippen molar-refractivity contribution in [1.82, 2.24) is 19.9 Å². The summed E-state index contributed by atoms with van der Waals surface area (Å²) in [5.41, 5.74) is 3.37. The van der Waals surface area contributed by atoms with E-state index in [0.29, 0.717) is 24.5 Å². The van der Waals surface area contributed by atoms with E-state index in [1.807, 2.05) is 0 Å². The minimum atomic E-state index is -0.973. The predicted octanol–water partition coefficient (Wildman–Crippen LogP) is 2.24. The van der Waals surface area contributed by atoms with Gasteiger partial charge in [-0.3, -0.25) is 9.97 Å². The van der Waals surface area contributed by atoms with Crippen LogP contribution in [0.3, 0.4) is 0 Å². The topological polar surface area (TPSA) is 92.1 Å². The van der Waals surface area contributed by atoms with Crippen molar-refractivity contribution in [3.8, 4) is 11.3 Å². The number of carboxylic acids is 1. The molecule has 4 rings (SSSR count). The number of carboxylic acid groups (broad SMARTS) is 1. The van der Waals surface area contributed by atoms with Gasteiger partial charge in [0.1, 0.15) is 0 Å². The number of hydrogen-bond acceptors (Lipinski definition) is 6. The number of anilines is 1. The number of hydrogen-bond donors (Lipinski definition) is 1. The first-order valence-corrected chi connectivity index (χ1v) is 8.41. The van der Waals surface area contributed by atoms with Gasteiger partial charge in [0.05, 0.1) is 11.3 Å². The van der Waals surface area contributed by atoms with Crippen LogP contribution in [-0.4, -0.2) is 44.1 Å². The van der Waals surface area contributed by atoms with Gasteiger partial charge >= 0.3 is 5.97 Å². The molecule has 0 atom stereocenters. The fraction of sp³-hybridized carbons (Fsp3) is 0.211. The molecular formula is C19H17N5O2. The van der Waals surface area contributed by atoms with E-state index in [1.165, 1.54) is 0 Å². The largest absolute Gasteiger partial charge is 0.478 e. The van der Waals surface area contributed by atoms with E-state index in [1.54, 1.807) is 49.1 Å². The van der Waals surface area contributed by atoms with Crippen LogP contribution in [-0.2, 0) is 12.8 Å². The van der Waals surface area contributed by atoms with E-state index >= 15 is 0 Å². The SMILES string of the molecule is O=C(O)c1cc2c(nc1-c1ccncc1)CCN(c1ncccn1)CC2. The second-order valence-corrected chi connectivity index (χ2v) is 6.07. The Bertz CT molecular complexity index is 931. The number of rotatable bonds is 3. The van der Waals surface area contributed by atoms with Gasteiger partial charge in [-0.15, -0.1) is 0 Å². The number of aromatic nitrogens is 4. The maximum Gasteiger partial charge on any atom is 0.337 e. The van der Waals surface area contributed by atoms with Gasteiger partial charge in [0.15, 0.2) is 0 Å². The van der Waals surface area contributed by atoms with Crippen LogP contribution in [0, 0.1) is 0 Å². The minimum absolute atomic E-state index is 0.222. The fourth-order valence-corrected chi connectivity index (χ4v) is 3.18. The van der Waals surface area contributed by atoms with Crippen LogP contribution >= 0.6 is 0 Å². The van der Waals surface area contributed by atoms with Gasteiger partial charge in [0.2, 0.25) is 5.95 Å². The molecule has 7 heteroatoms. The van der Waals surface area contributed by atoms with E-state index in [-0.39, 0.29) is 5.56 Å². The molecule has 7 nitrogen and oxygen atoms in total. The van der Waals surface area contributed by atoms with Gasteiger partial charge in [-0.2, -0.15) is 0 Å². The molecule has 26 heavy (non-hydrogen) atoms. The first kappa shape index (κ1) is 16.1. The van der Waals surface area contributed by atoms with Crippen molar-refractivity contribution in [2.75, 3.05) is 18.0 Å². The summed E-state index contributed by atoms with van der Waals surface area (Å²) in [5.74, 6) is -0.285. The van der Waals surface area contributed by atoms with Gasteiger partial charge in [-0.1, -0.05) is 0 Å². The van der Waals surface area contributed by atoms with Crippen LogP contribution in [0.4, 0.5) is 5.95 Å². The van der Waals surface area contributed by atoms with E-state index in [9.17, 15) is 9.90 Å². The summed E-state index contributed by atoms with van der Waals surface area (Å²) in [6, 6.07) is 7.11. The molecule has 0 spiro atoms. The number of pyridine rings is 2. The summed E-state index contributed by atoms with van der Waals surface area (Å²) in [6.07, 6.45) is 8.15. The normalized spacial score (nSPS) is 13.8. The molecule has 0 saturated carbocycles. The lowest BCUT2D eigenvalue weighted by atomic mass is 10.0. The first-order valence-electron chi connectivity index (χ1n) is 8.41. The summed E-state index contributed by atoms with van der Waals surface area (Å²) in [5, 5.41) is 9.64. The molecule has 3 aromatic rings. The summed E-state index contributed by atoms with van der Waals surface area (Å²) in [7, 11) is 0. The monoisotopic (exact) mass is 347 g/mol. The first-order chi connectivity index (χ1) is 12.7. The standard InChI is InChI=1S/C19H17N5O2/c25-18(26)15-12-14-4-10-24(19-21-6-1-7-22-19)11-5-16(14)23-17(15)13-2-8-20-9-3-13/h1-3,6-9,12H,4-5,10-11H2,(H,25,26). The van der Waals surface area contributed by atoms with Crippen molar-refractivity contribution in [2.24, 2.45) is 0 Å². The Balaban J connectivity index is 1.71. The highest BCUT2D eigenvalue weighted by atomic mass is 16.4. The summed E-state index contributed by atoms with van der Waals surface area (Å²) in [4.78, 5) is 31.2. The number of carbonyl (C=O) groups is 1. The molecule has 0 aliphatic carbocycles. The molecule has 1 aliphatic rings. The Morgan fingerprint density at radius 3 is 2.50 bits per heavy atom. The Morgan fingerprint density at radius 1 is 1.04 bits per heavy atom. The van der Waals surface area contributed by atoms with Gasteiger partial charge in [-0.05, 0) is 36.2 Å². The lowest BCUT2D eigenvalue weighted by Gasteiger charge is -2.19. The van der Waals surface area contributed by atoms with E-state index in [2.05, 4.69) is 19.9 Å². The summed E-state index contributed by atoms with van der Waals surface area (Å²) >= 11 is 0. The van der Waals surface area contributed by atoms with E-state index in [4.69, 9.17) is 4.98 Å². The highest BCUT2D eigenvalue weighted by Gasteiger charge is 2.22. The van der Waals surface area contributed by atoms with Gasteiger partial charge in [-0.25, -0.2) is 14.8 Å². The van der Waals surface area contributed by atoms with E-state index < -0.39 is 5.97 Å². The number of aromatic carboxylic acids is 1. The van der Waals surface area contributed by atoms with Crippen molar-refractivity contribution >= 4 is 11.9 Å². The molecule has 0 unspecified atom stereocenters. The molecule has 3 aromatic heterocycles. The van der Waals surface area contributed by atoms with Gasteiger partial charge in [0.25, 0.3) is 0 Å². The van der Waals surface area contributed by atoms with Crippen molar-refractivity contribution in [3.63, 3.8) is 0 Å². The van der Waals surface area contributed by atoms with Crippen molar-refractivity contribution < 1.29 is 9.90 Å². The quantitative estimate of drug-likeness (QED) is 0.777. The third-order valence-electron chi connectivity index (χ3n) is 4.48. The molecule has 0 aromatic carbocycles. The average molecular weight is 347 g/mol. The summed E-state index contributed by atoms with van der Waals surface area (Å²) in [6.45, 7) is 1.47. The average Bonchev–Trinajstić information content (AvgIpc) is 2.90. The zero-order valence-electron chi connectivity index (χ0n) is 14.0. The number of nitrogens with zero attached hydrogens (tertiary/aromatic N) is 5. The highest BCUT2D eigenvalue weighted by Crippen LogP contribution is 2.26. The third-order valence-corrected chi connectivity index (χ3v) is 4.48. The molecule has 0 amide bonds. The molecular weight excluding hydrogens is 330 g/mol. The zero-order chi connectivity index (χ0) is 17.9. The Morgan fingerprint density at radius 2 is 1.77 bits per heavy atom. The third kappa shape index (κ3) is 3.11. The van der Waals surface area contributed by atoms with Crippen LogP contribution in [0.1, 0.15) is 21.6 Å². The highest BCUT2D eigenvalue weighted by molar-refractivity contribution is 5.95. The molecule has 4 heterocycles. The Hall–Kier alpha value is -3.35. The van der Waals surface area contributed by atoms with Gasteiger partial charge in [0, 0.05) is 55.6 Å². The van der Waals surface area contributed by atoms with Crippen LogP contribution in [0.15, 0.2) is 49.1 Å². The lowest BCUT2D eigenvalue weighted by Crippen LogP contribution is -2.27. The smallest absolute Gasteiger partial charge is 0.337 e. The van der Waals surface area contributed by atoms with E-state index in [0.717, 1.165) is 29.9 Å². The molecule has 0 radical (unpaired) electrons. The molecule has 1 aliphatic heterocycles. The maximum absolute atomic E-state index is 11.8. The van der Waals surface area contributed by atoms with Crippen LogP contribution in [0.25, 0.3) is 11.3 Å². The van der Waals surface area contributed by atoms with Crippen molar-refractivity contribution in [2.45, 2.75) is 12.8 Å². The summed E-state index contributed by atoms with van der Waals surface area (Å²) < 4.78 is 0. The van der Waals surface area contributed by atoms with Crippen molar-refractivity contribution in [3.05, 3.63) is 65.9 Å². The number of fused-ring (bicyclic) bond motifs is 1. The molecule has 1 N–H and O–H groups in total. The maximum atomic E-state index is 11.8. The lowest BCUT2D eigenvalue weighted by molar-refractivity contribution is 0.0697. The second-order valence-electron chi connectivity index (χ2n) is 6.07. The molecule has 0 fully saturated rings. The molecule has 130 valence electrons. The van der Waals surface area contributed by atoms with Crippen LogP contribution in [0.5, 0.6) is 0 Å². The zero-order valence-corrected chi connectivity index (χ0v) is 14.0. The predicted molar refractivity (Wildman–Crippen MR) is 96.1 cm³/mol. The minimum Gasteiger partial charge on any atom is -0.478 e. The fourth-order valence-electron chi connectivity index (χ4n) is 3.18. The molecule has 0 bridgehead atoms. The Kier molecular flexibility index (Phi) is 4.27. The molecule has 0 saturated heterocycles. The van der Waals surface area contributed by atoms with Gasteiger partial charge < -0.3 is 10.0 Å².